The summed E-state index contributed by atoms with van der Waals surface area (Å²) in [6.07, 6.45) is 0.286. The Hall–Kier alpha value is -0.883. The first-order valence-corrected chi connectivity index (χ1v) is 11.3. The van der Waals surface area contributed by atoms with Gasteiger partial charge in [0.15, 0.2) is 8.32 Å². The molecule has 0 radical (unpaired) electrons. The molecule has 0 bridgehead atoms. The van der Waals surface area contributed by atoms with Gasteiger partial charge in [0.05, 0.1) is 12.1 Å². The van der Waals surface area contributed by atoms with E-state index in [1.54, 1.807) is 20.8 Å². The number of carbonyl (C=O) groups excluding carboxylic acids is 2. The van der Waals surface area contributed by atoms with Gasteiger partial charge in [-0.1, -0.05) is 20.8 Å². The first kappa shape index (κ1) is 20.2. The highest BCUT2D eigenvalue weighted by atomic mass is 28.4. The molecule has 23 heavy (non-hydrogen) atoms. The fourth-order valence-corrected chi connectivity index (χ4v) is 3.74. The highest BCUT2D eigenvalue weighted by Crippen LogP contribution is 2.39. The first-order valence-electron chi connectivity index (χ1n) is 8.38. The summed E-state index contributed by atoms with van der Waals surface area (Å²) in [7, 11) is -1.96. The Morgan fingerprint density at radius 3 is 2.13 bits per heavy atom. The summed E-state index contributed by atoms with van der Waals surface area (Å²) in [5.41, 5.74) is -0.621. The van der Waals surface area contributed by atoms with Gasteiger partial charge in [-0.15, -0.1) is 0 Å². The zero-order valence-corrected chi connectivity index (χ0v) is 17.1. The molecule has 134 valence electrons. The van der Waals surface area contributed by atoms with Crippen molar-refractivity contribution in [2.24, 2.45) is 0 Å². The van der Waals surface area contributed by atoms with Gasteiger partial charge in [-0.05, 0) is 52.2 Å². The lowest BCUT2D eigenvalue weighted by Crippen LogP contribution is -2.57. The minimum absolute atomic E-state index is 0.0882. The second-order valence-corrected chi connectivity index (χ2v) is 13.7. The smallest absolute Gasteiger partial charge is 0.417 e. The number of hydrogen-bond acceptors (Lipinski definition) is 4. The summed E-state index contributed by atoms with van der Waals surface area (Å²) in [6.45, 7) is 18.2. The molecule has 0 aromatic rings. The first-order chi connectivity index (χ1) is 10.2. The molecule has 2 atom stereocenters. The maximum absolute atomic E-state index is 12.4. The maximum Gasteiger partial charge on any atom is 0.417 e. The number of nitrogens with zero attached hydrogens (tertiary/aromatic N) is 1. The molecule has 6 heteroatoms. The molecule has 2 amide bonds. The molecule has 0 N–H and O–H groups in total. The molecule has 0 saturated carbocycles. The molecule has 1 aliphatic rings. The average Bonchev–Trinajstić information content (AvgIpc) is 2.29. The molecule has 1 aliphatic heterocycles. The van der Waals surface area contributed by atoms with Crippen molar-refractivity contribution in [2.75, 3.05) is 0 Å². The molecule has 1 heterocycles. The van der Waals surface area contributed by atoms with Crippen molar-refractivity contribution in [3.63, 3.8) is 0 Å². The van der Waals surface area contributed by atoms with Crippen LogP contribution < -0.4 is 0 Å². The normalized spacial score (nSPS) is 23.9. The summed E-state index contributed by atoms with van der Waals surface area (Å²) < 4.78 is 11.8. The van der Waals surface area contributed by atoms with Gasteiger partial charge >= 0.3 is 6.09 Å². The van der Waals surface area contributed by atoms with Crippen LogP contribution in [0.2, 0.25) is 18.1 Å². The maximum atomic E-state index is 12.4. The van der Waals surface area contributed by atoms with E-state index in [1.807, 2.05) is 6.92 Å². The highest BCUT2D eigenvalue weighted by molar-refractivity contribution is 6.74. The molecule has 0 unspecified atom stereocenters. The van der Waals surface area contributed by atoms with Crippen molar-refractivity contribution in [1.29, 1.82) is 0 Å². The fourth-order valence-electron chi connectivity index (χ4n) is 2.31. The van der Waals surface area contributed by atoms with Crippen LogP contribution in [0.5, 0.6) is 0 Å². The van der Waals surface area contributed by atoms with Crippen molar-refractivity contribution in [2.45, 2.75) is 97.2 Å². The molecule has 5 nitrogen and oxygen atoms in total. The molecule has 0 aromatic carbocycles. The van der Waals surface area contributed by atoms with Gasteiger partial charge in [0.25, 0.3) is 0 Å². The van der Waals surface area contributed by atoms with E-state index < -0.39 is 20.0 Å². The van der Waals surface area contributed by atoms with Gasteiger partial charge in [-0.2, -0.15) is 0 Å². The van der Waals surface area contributed by atoms with Crippen LogP contribution in [0.15, 0.2) is 0 Å². The Balaban J connectivity index is 2.91. The molecule has 1 saturated heterocycles. The average molecular weight is 344 g/mol. The number of rotatable bonds is 2. The molecular weight excluding hydrogens is 310 g/mol. The second kappa shape index (κ2) is 6.55. The van der Waals surface area contributed by atoms with Crippen LogP contribution in [0.3, 0.4) is 0 Å². The number of piperidine rings is 1. The van der Waals surface area contributed by atoms with E-state index in [0.717, 1.165) is 0 Å². The van der Waals surface area contributed by atoms with Crippen molar-refractivity contribution < 1.29 is 18.8 Å². The van der Waals surface area contributed by atoms with Gasteiger partial charge in [-0.25, -0.2) is 9.69 Å². The van der Waals surface area contributed by atoms with Gasteiger partial charge in [-0.3, -0.25) is 4.79 Å². The van der Waals surface area contributed by atoms with Crippen LogP contribution >= 0.6 is 0 Å². The van der Waals surface area contributed by atoms with Crippen LogP contribution in [-0.2, 0) is 14.0 Å². The minimum Gasteiger partial charge on any atom is -0.443 e. The van der Waals surface area contributed by atoms with Crippen LogP contribution in [0, 0.1) is 0 Å². The van der Waals surface area contributed by atoms with Gasteiger partial charge in [0.1, 0.15) is 5.60 Å². The summed E-state index contributed by atoms with van der Waals surface area (Å²) in [6, 6.07) is -0.305. The van der Waals surface area contributed by atoms with Gasteiger partial charge in [0.2, 0.25) is 5.91 Å². The van der Waals surface area contributed by atoms with Crippen molar-refractivity contribution in [3.05, 3.63) is 0 Å². The molecule has 0 aliphatic carbocycles. The number of hydrogen-bond donors (Lipinski definition) is 0. The van der Waals surface area contributed by atoms with Crippen LogP contribution in [0.25, 0.3) is 0 Å². The number of carbonyl (C=O) groups is 2. The molecule has 0 spiro atoms. The van der Waals surface area contributed by atoms with E-state index in [9.17, 15) is 9.59 Å². The monoisotopic (exact) mass is 343 g/mol. The van der Waals surface area contributed by atoms with E-state index in [1.165, 1.54) is 4.90 Å². The summed E-state index contributed by atoms with van der Waals surface area (Å²) in [4.78, 5) is 25.8. The number of imide groups is 1. The van der Waals surface area contributed by atoms with Crippen molar-refractivity contribution >= 4 is 20.3 Å². The molecule has 0 aromatic heterocycles. The zero-order valence-electron chi connectivity index (χ0n) is 16.1. The summed E-state index contributed by atoms with van der Waals surface area (Å²) in [5, 5.41) is 0.0882. The van der Waals surface area contributed by atoms with Gasteiger partial charge in [0, 0.05) is 6.42 Å². The van der Waals surface area contributed by atoms with Crippen LogP contribution in [0.1, 0.15) is 61.3 Å². The summed E-state index contributed by atoms with van der Waals surface area (Å²) in [5.74, 6) is -0.179. The standard InChI is InChI=1S/C17H33NO4Si/c1-12-13(22-23(8,9)17(5,6)7)10-11-14(19)18(12)15(20)21-16(2,3)4/h12-13H,10-11H2,1-9H3/t12-,13+/m0/s1. The number of amides is 2. The third-order valence-corrected chi connectivity index (χ3v) is 9.20. The molecule has 1 fully saturated rings. The predicted octanol–water partition coefficient (Wildman–Crippen LogP) is 4.32. The topological polar surface area (TPSA) is 55.8 Å². The van der Waals surface area contributed by atoms with Crippen LogP contribution in [0.4, 0.5) is 4.79 Å². The Bertz CT molecular complexity index is 462. The predicted molar refractivity (Wildman–Crippen MR) is 93.8 cm³/mol. The largest absolute Gasteiger partial charge is 0.443 e. The minimum atomic E-state index is -1.96. The van der Waals surface area contributed by atoms with E-state index in [2.05, 4.69) is 33.9 Å². The van der Waals surface area contributed by atoms with Crippen molar-refractivity contribution in [3.8, 4) is 0 Å². The quantitative estimate of drug-likeness (QED) is 0.701. The van der Waals surface area contributed by atoms with Crippen LogP contribution in [-0.4, -0.2) is 43.0 Å². The zero-order chi connectivity index (χ0) is 18.2. The third-order valence-electron chi connectivity index (χ3n) is 4.70. The van der Waals surface area contributed by atoms with Crippen molar-refractivity contribution in [1.82, 2.24) is 4.90 Å². The molecule has 1 rings (SSSR count). The van der Waals surface area contributed by atoms with E-state index in [4.69, 9.17) is 9.16 Å². The fraction of sp³-hybridized carbons (Fsp3) is 0.882. The Labute approximate surface area is 141 Å². The molecular formula is C17H33NO4Si. The second-order valence-electron chi connectivity index (χ2n) is 8.94. The Morgan fingerprint density at radius 2 is 1.70 bits per heavy atom. The lowest BCUT2D eigenvalue weighted by molar-refractivity contribution is -0.139. The summed E-state index contributed by atoms with van der Waals surface area (Å²) >= 11 is 0. The number of likely N-dealkylation sites (tertiary alicyclic amines) is 1. The lowest BCUT2D eigenvalue weighted by Gasteiger charge is -2.44. The third kappa shape index (κ3) is 5.04. The SMILES string of the molecule is C[C@H]1[C@H](O[Si](C)(C)C(C)(C)C)CCC(=O)N1C(=O)OC(C)(C)C. The van der Waals surface area contributed by atoms with Gasteiger partial charge < -0.3 is 9.16 Å². The highest BCUT2D eigenvalue weighted by Gasteiger charge is 2.45. The van der Waals surface area contributed by atoms with E-state index in [0.29, 0.717) is 12.8 Å². The Morgan fingerprint density at radius 1 is 1.17 bits per heavy atom. The van der Waals surface area contributed by atoms with E-state index in [-0.39, 0.29) is 23.1 Å². The van der Waals surface area contributed by atoms with E-state index >= 15 is 0 Å². The number of ether oxygens (including phenoxy) is 1. The Kier molecular flexibility index (Phi) is 5.74. The lowest BCUT2D eigenvalue weighted by atomic mass is 10.0.